The van der Waals surface area contributed by atoms with Gasteiger partial charge in [-0.3, -0.25) is 14.5 Å². The number of carbonyl (C=O) groups is 1. The number of H-pyrrole nitrogens is 1. The highest BCUT2D eigenvalue weighted by Gasteiger charge is 2.19. The predicted molar refractivity (Wildman–Crippen MR) is 126 cm³/mol. The van der Waals surface area contributed by atoms with E-state index in [2.05, 4.69) is 15.3 Å². The number of hydrogen-bond acceptors (Lipinski definition) is 4. The van der Waals surface area contributed by atoms with E-state index in [4.69, 9.17) is 0 Å². The molecule has 0 bridgehead atoms. The molecule has 3 aromatic carbocycles. The number of benzene rings is 3. The first-order chi connectivity index (χ1) is 15.6. The molecule has 0 radical (unpaired) electrons. The zero-order valence-corrected chi connectivity index (χ0v) is 18.0. The van der Waals surface area contributed by atoms with E-state index in [0.717, 1.165) is 11.1 Å². The van der Waals surface area contributed by atoms with Gasteiger partial charge in [-0.1, -0.05) is 79.7 Å². The van der Waals surface area contributed by atoms with E-state index in [-0.39, 0.29) is 24.1 Å². The van der Waals surface area contributed by atoms with Crippen molar-refractivity contribution in [2.75, 3.05) is 13.1 Å². The summed E-state index contributed by atoms with van der Waals surface area (Å²) in [6.07, 6.45) is 0. The summed E-state index contributed by atoms with van der Waals surface area (Å²) in [5.74, 6) is 0.457. The predicted octanol–water partition coefficient (Wildman–Crippen LogP) is 3.65. The van der Waals surface area contributed by atoms with E-state index in [1.165, 1.54) is 0 Å². The van der Waals surface area contributed by atoms with Crippen molar-refractivity contribution in [3.63, 3.8) is 0 Å². The maximum Gasteiger partial charge on any atom is 0.258 e. The van der Waals surface area contributed by atoms with Crippen molar-refractivity contribution in [2.45, 2.75) is 19.5 Å². The standard InChI is InChI=1S/C26H26N4O2/c1-2-30(17-23-27-22-16-10-9-15-21(22)26(32)28-23)18-24(31)29-25(19-11-5-3-6-12-19)20-13-7-4-8-14-20/h3-16,25H,2,17-18H2,1H3,(H,29,31)(H,27,28,32). The number of carbonyl (C=O) groups excluding carboxylic acids is 1. The first-order valence-electron chi connectivity index (χ1n) is 10.7. The Balaban J connectivity index is 1.49. The Hall–Kier alpha value is -3.77. The van der Waals surface area contributed by atoms with Gasteiger partial charge in [-0.25, -0.2) is 4.98 Å². The van der Waals surface area contributed by atoms with E-state index < -0.39 is 0 Å². The van der Waals surface area contributed by atoms with Crippen molar-refractivity contribution >= 4 is 16.8 Å². The van der Waals surface area contributed by atoms with Crippen LogP contribution >= 0.6 is 0 Å². The van der Waals surface area contributed by atoms with Gasteiger partial charge in [0.2, 0.25) is 5.91 Å². The average molecular weight is 427 g/mol. The third-order valence-corrected chi connectivity index (χ3v) is 5.42. The number of likely N-dealkylation sites (N-methyl/N-ethyl adjacent to an activating group) is 1. The Bertz CT molecular complexity index is 1200. The van der Waals surface area contributed by atoms with Gasteiger partial charge in [0.25, 0.3) is 5.56 Å². The lowest BCUT2D eigenvalue weighted by Crippen LogP contribution is -2.39. The number of nitrogens with one attached hydrogen (secondary N) is 2. The minimum absolute atomic E-state index is 0.0901. The van der Waals surface area contributed by atoms with Gasteiger partial charge in [0.15, 0.2) is 0 Å². The molecule has 1 aromatic heterocycles. The van der Waals surface area contributed by atoms with Crippen LogP contribution in [0.5, 0.6) is 0 Å². The second kappa shape index (κ2) is 10.0. The first-order valence-corrected chi connectivity index (χ1v) is 10.7. The SMILES string of the molecule is CCN(CC(=O)NC(c1ccccc1)c1ccccc1)Cc1nc2ccccc2c(=O)[nH]1. The molecule has 0 saturated heterocycles. The van der Waals surface area contributed by atoms with Crippen LogP contribution in [0.25, 0.3) is 10.9 Å². The molecule has 1 heterocycles. The topological polar surface area (TPSA) is 78.1 Å². The van der Waals surface area contributed by atoms with Crippen molar-refractivity contribution in [3.05, 3.63) is 112 Å². The van der Waals surface area contributed by atoms with Crippen molar-refractivity contribution in [1.82, 2.24) is 20.2 Å². The van der Waals surface area contributed by atoms with Gasteiger partial charge in [0.1, 0.15) is 5.82 Å². The van der Waals surface area contributed by atoms with E-state index in [0.29, 0.717) is 29.8 Å². The highest BCUT2D eigenvalue weighted by Crippen LogP contribution is 2.21. The van der Waals surface area contributed by atoms with Gasteiger partial charge >= 0.3 is 0 Å². The molecule has 4 aromatic rings. The molecule has 6 nitrogen and oxygen atoms in total. The summed E-state index contributed by atoms with van der Waals surface area (Å²) in [5, 5.41) is 3.73. The fraction of sp³-hybridized carbons (Fsp3) is 0.192. The summed E-state index contributed by atoms with van der Waals surface area (Å²) in [7, 11) is 0. The van der Waals surface area contributed by atoms with E-state index in [9.17, 15) is 9.59 Å². The number of hydrogen-bond donors (Lipinski definition) is 2. The molecule has 0 saturated carbocycles. The average Bonchev–Trinajstić information content (AvgIpc) is 2.83. The molecule has 0 atom stereocenters. The summed E-state index contributed by atoms with van der Waals surface area (Å²) in [4.78, 5) is 34.7. The Morgan fingerprint density at radius 1 is 0.938 bits per heavy atom. The fourth-order valence-corrected chi connectivity index (χ4v) is 3.76. The molecule has 6 heteroatoms. The summed E-state index contributed by atoms with van der Waals surface area (Å²) in [6, 6.07) is 26.9. The Morgan fingerprint density at radius 3 is 2.16 bits per heavy atom. The molecule has 2 N–H and O–H groups in total. The lowest BCUT2D eigenvalue weighted by molar-refractivity contribution is -0.122. The zero-order chi connectivity index (χ0) is 22.3. The highest BCUT2D eigenvalue weighted by molar-refractivity contribution is 5.79. The molecule has 0 unspecified atom stereocenters. The van der Waals surface area contributed by atoms with Crippen LogP contribution in [0.3, 0.4) is 0 Å². The summed E-state index contributed by atoms with van der Waals surface area (Å²) >= 11 is 0. The summed E-state index contributed by atoms with van der Waals surface area (Å²) < 4.78 is 0. The Morgan fingerprint density at radius 2 is 1.53 bits per heavy atom. The fourth-order valence-electron chi connectivity index (χ4n) is 3.76. The number of nitrogens with zero attached hydrogens (tertiary/aromatic N) is 2. The van der Waals surface area contributed by atoms with Gasteiger partial charge in [0, 0.05) is 0 Å². The number of rotatable bonds is 8. The third-order valence-electron chi connectivity index (χ3n) is 5.42. The van der Waals surface area contributed by atoms with Crippen LogP contribution in [-0.2, 0) is 11.3 Å². The second-order valence-electron chi connectivity index (χ2n) is 7.65. The van der Waals surface area contributed by atoms with Crippen molar-refractivity contribution in [1.29, 1.82) is 0 Å². The van der Waals surface area contributed by atoms with Crippen molar-refractivity contribution in [2.24, 2.45) is 0 Å². The second-order valence-corrected chi connectivity index (χ2v) is 7.65. The molecule has 0 aliphatic carbocycles. The largest absolute Gasteiger partial charge is 0.344 e. The number of fused-ring (bicyclic) bond motifs is 1. The molecule has 162 valence electrons. The smallest absolute Gasteiger partial charge is 0.258 e. The van der Waals surface area contributed by atoms with E-state index in [1.54, 1.807) is 6.07 Å². The summed E-state index contributed by atoms with van der Waals surface area (Å²) in [5.41, 5.74) is 2.53. The van der Waals surface area contributed by atoms with Crippen molar-refractivity contribution in [3.8, 4) is 0 Å². The van der Waals surface area contributed by atoms with Gasteiger partial charge in [-0.15, -0.1) is 0 Å². The van der Waals surface area contributed by atoms with Crippen molar-refractivity contribution < 1.29 is 4.79 Å². The normalized spacial score (nSPS) is 11.2. The van der Waals surface area contributed by atoms with Gasteiger partial charge in [-0.05, 0) is 29.8 Å². The molecule has 0 spiro atoms. The first kappa shape index (κ1) is 21.5. The monoisotopic (exact) mass is 426 g/mol. The summed E-state index contributed by atoms with van der Waals surface area (Å²) in [6.45, 7) is 3.21. The zero-order valence-electron chi connectivity index (χ0n) is 18.0. The lowest BCUT2D eigenvalue weighted by Gasteiger charge is -2.23. The van der Waals surface area contributed by atoms with Gasteiger partial charge in [-0.2, -0.15) is 0 Å². The lowest BCUT2D eigenvalue weighted by atomic mass is 9.99. The maximum absolute atomic E-state index is 13.0. The minimum Gasteiger partial charge on any atom is -0.344 e. The van der Waals surface area contributed by atoms with Crippen LogP contribution in [-0.4, -0.2) is 33.9 Å². The molecule has 4 rings (SSSR count). The molecule has 0 fully saturated rings. The van der Waals surface area contributed by atoms with Crippen LogP contribution in [0, 0.1) is 0 Å². The van der Waals surface area contributed by atoms with Crippen LogP contribution in [0.15, 0.2) is 89.7 Å². The number of para-hydroxylation sites is 1. The molecule has 0 aliphatic rings. The molecule has 1 amide bonds. The van der Waals surface area contributed by atoms with E-state index in [1.807, 2.05) is 90.7 Å². The molecule has 32 heavy (non-hydrogen) atoms. The third kappa shape index (κ3) is 5.10. The Labute approximate surface area is 186 Å². The van der Waals surface area contributed by atoms with Gasteiger partial charge < -0.3 is 10.3 Å². The van der Waals surface area contributed by atoms with E-state index >= 15 is 0 Å². The number of amides is 1. The van der Waals surface area contributed by atoms with Crippen LogP contribution in [0.4, 0.5) is 0 Å². The maximum atomic E-state index is 13.0. The quantitative estimate of drug-likeness (QED) is 0.451. The number of aromatic nitrogens is 2. The van der Waals surface area contributed by atoms with Gasteiger partial charge in [0.05, 0.1) is 30.0 Å². The highest BCUT2D eigenvalue weighted by atomic mass is 16.2. The van der Waals surface area contributed by atoms with Crippen LogP contribution in [0.2, 0.25) is 0 Å². The molecular formula is C26H26N4O2. The Kier molecular flexibility index (Phi) is 6.72. The molecular weight excluding hydrogens is 400 g/mol. The van der Waals surface area contributed by atoms with Crippen LogP contribution < -0.4 is 10.9 Å². The van der Waals surface area contributed by atoms with Crippen LogP contribution in [0.1, 0.15) is 29.9 Å². The number of aromatic amines is 1. The minimum atomic E-state index is -0.234. The molecule has 0 aliphatic heterocycles.